The molecule has 0 bridgehead atoms. The highest BCUT2D eigenvalue weighted by Gasteiger charge is 2.25. The van der Waals surface area contributed by atoms with Crippen LogP contribution in [0.1, 0.15) is 17.2 Å². The molecule has 4 rings (SSSR count). The number of rotatable bonds is 4. The molecule has 1 N–H and O–H groups in total. The fourth-order valence-electron chi connectivity index (χ4n) is 3.25. The minimum Gasteiger partial charge on any atom is -0.383 e. The minimum atomic E-state index is -0.781. The number of benzene rings is 1. The summed E-state index contributed by atoms with van der Waals surface area (Å²) in [6.45, 7) is 0. The second-order valence-corrected chi connectivity index (χ2v) is 7.48. The summed E-state index contributed by atoms with van der Waals surface area (Å²) in [5, 5.41) is 13.9. The van der Waals surface area contributed by atoms with Gasteiger partial charge in [-0.25, -0.2) is 0 Å². The first-order valence-corrected chi connectivity index (χ1v) is 9.48. The van der Waals surface area contributed by atoms with Crippen LogP contribution in [0.2, 0.25) is 5.02 Å². The lowest BCUT2D eigenvalue weighted by atomic mass is 9.95. The van der Waals surface area contributed by atoms with Crippen LogP contribution < -0.4 is 0 Å². The summed E-state index contributed by atoms with van der Waals surface area (Å²) in [6.07, 6.45) is 4.70. The fraction of sp³-hybridized carbons (Fsp3) is 0.0952. The van der Waals surface area contributed by atoms with E-state index in [0.717, 1.165) is 32.8 Å². The van der Waals surface area contributed by atoms with E-state index in [-0.39, 0.29) is 0 Å². The number of thiophene rings is 1. The maximum Gasteiger partial charge on any atom is 0.108 e. The molecule has 0 radical (unpaired) electrons. The van der Waals surface area contributed by atoms with Crippen LogP contribution in [0, 0.1) is 0 Å². The third-order valence-corrected chi connectivity index (χ3v) is 5.52. The highest BCUT2D eigenvalue weighted by molar-refractivity contribution is 7.13. The Hall–Kier alpha value is -2.40. The topological polar surface area (TPSA) is 38.0 Å². The lowest BCUT2D eigenvalue weighted by molar-refractivity contribution is 0.221. The second kappa shape index (κ2) is 7.08. The van der Waals surface area contributed by atoms with Crippen LogP contribution in [0.4, 0.5) is 0 Å². The number of halogens is 1. The number of aromatic nitrogens is 2. The van der Waals surface area contributed by atoms with Gasteiger partial charge < -0.3 is 9.67 Å². The monoisotopic (exact) mass is 380 g/mol. The van der Waals surface area contributed by atoms with Crippen molar-refractivity contribution in [2.75, 3.05) is 0 Å². The second-order valence-electron chi connectivity index (χ2n) is 6.09. The molecule has 3 heterocycles. The summed E-state index contributed by atoms with van der Waals surface area (Å²) < 4.78 is 2.05. The van der Waals surface area contributed by atoms with Crippen LogP contribution in [0.5, 0.6) is 0 Å². The number of aliphatic hydroxyl groups excluding tert-OH is 1. The van der Waals surface area contributed by atoms with Crippen molar-refractivity contribution < 1.29 is 5.11 Å². The third-order valence-electron chi connectivity index (χ3n) is 4.38. The number of pyridine rings is 1. The van der Waals surface area contributed by atoms with Gasteiger partial charge >= 0.3 is 0 Å². The zero-order chi connectivity index (χ0) is 18.1. The maximum absolute atomic E-state index is 11.2. The van der Waals surface area contributed by atoms with Crippen LogP contribution in [0.15, 0.2) is 72.5 Å². The van der Waals surface area contributed by atoms with Gasteiger partial charge in [0.15, 0.2) is 0 Å². The molecule has 3 nitrogen and oxygen atoms in total. The molecular weight excluding hydrogens is 364 g/mol. The van der Waals surface area contributed by atoms with Crippen LogP contribution in [-0.2, 0) is 7.05 Å². The van der Waals surface area contributed by atoms with Gasteiger partial charge in [-0.3, -0.25) is 4.98 Å². The van der Waals surface area contributed by atoms with Gasteiger partial charge in [-0.05, 0) is 29.6 Å². The number of hydrogen-bond acceptors (Lipinski definition) is 3. The maximum atomic E-state index is 11.2. The molecular formula is C21H17ClN2OS. The Morgan fingerprint density at radius 1 is 1.15 bits per heavy atom. The molecule has 0 saturated carbocycles. The van der Waals surface area contributed by atoms with Crippen molar-refractivity contribution in [1.29, 1.82) is 0 Å². The van der Waals surface area contributed by atoms with E-state index in [4.69, 9.17) is 11.6 Å². The van der Waals surface area contributed by atoms with Crippen molar-refractivity contribution in [1.82, 2.24) is 9.55 Å². The zero-order valence-electron chi connectivity index (χ0n) is 14.1. The molecule has 26 heavy (non-hydrogen) atoms. The Labute approximate surface area is 161 Å². The molecule has 0 spiro atoms. The molecule has 0 amide bonds. The van der Waals surface area contributed by atoms with E-state index in [9.17, 15) is 5.11 Å². The fourth-order valence-corrected chi connectivity index (χ4v) is 4.19. The summed E-state index contributed by atoms with van der Waals surface area (Å²) in [5.41, 5.74) is 4.58. The standard InChI is InChI=1S/C21H17ClN2OS/c1-24-13-17(18-8-4-10-26-18)19(21(25)15-6-3-9-23-12-15)20(24)14-5-2-7-16(22)11-14/h2-13,21,25H,1H3. The Balaban J connectivity index is 1.97. The summed E-state index contributed by atoms with van der Waals surface area (Å²) in [6, 6.07) is 15.5. The van der Waals surface area contributed by atoms with Gasteiger partial charge in [-0.1, -0.05) is 35.9 Å². The van der Waals surface area contributed by atoms with Gasteiger partial charge in [0.25, 0.3) is 0 Å². The smallest absolute Gasteiger partial charge is 0.108 e. The average molecular weight is 381 g/mol. The van der Waals surface area contributed by atoms with Crippen LogP contribution in [-0.4, -0.2) is 14.7 Å². The lowest BCUT2D eigenvalue weighted by Crippen LogP contribution is -2.03. The van der Waals surface area contributed by atoms with E-state index < -0.39 is 6.10 Å². The summed E-state index contributed by atoms with van der Waals surface area (Å²) in [7, 11) is 1.99. The predicted octanol–water partition coefficient (Wildman–Crippen LogP) is 5.55. The summed E-state index contributed by atoms with van der Waals surface area (Å²) >= 11 is 7.88. The lowest BCUT2D eigenvalue weighted by Gasteiger charge is -2.16. The van der Waals surface area contributed by atoms with Crippen molar-refractivity contribution in [2.45, 2.75) is 6.10 Å². The molecule has 5 heteroatoms. The van der Waals surface area contributed by atoms with E-state index >= 15 is 0 Å². The Bertz CT molecular complexity index is 1030. The first kappa shape index (κ1) is 17.0. The number of nitrogens with zero attached hydrogens (tertiary/aromatic N) is 2. The molecule has 0 aliphatic heterocycles. The first-order valence-electron chi connectivity index (χ1n) is 8.22. The Morgan fingerprint density at radius 3 is 2.73 bits per heavy atom. The normalized spacial score (nSPS) is 12.3. The molecule has 130 valence electrons. The Morgan fingerprint density at radius 2 is 2.04 bits per heavy atom. The number of hydrogen-bond donors (Lipinski definition) is 1. The molecule has 1 atom stereocenters. The highest BCUT2D eigenvalue weighted by Crippen LogP contribution is 2.42. The quantitative estimate of drug-likeness (QED) is 0.504. The van der Waals surface area contributed by atoms with Crippen LogP contribution in [0.3, 0.4) is 0 Å². The van der Waals surface area contributed by atoms with Gasteiger partial charge in [0.2, 0.25) is 0 Å². The molecule has 0 aliphatic carbocycles. The summed E-state index contributed by atoms with van der Waals surface area (Å²) in [5.74, 6) is 0. The molecule has 0 saturated heterocycles. The van der Waals surface area contributed by atoms with Gasteiger partial charge in [0, 0.05) is 57.8 Å². The van der Waals surface area contributed by atoms with Crippen LogP contribution in [0.25, 0.3) is 21.7 Å². The Kier molecular flexibility index (Phi) is 4.64. The van der Waals surface area contributed by atoms with Crippen molar-refractivity contribution >= 4 is 22.9 Å². The van der Waals surface area contributed by atoms with Crippen LogP contribution >= 0.6 is 22.9 Å². The van der Waals surface area contributed by atoms with Gasteiger partial charge in [0.05, 0.1) is 5.69 Å². The van der Waals surface area contributed by atoms with Gasteiger partial charge in [0.1, 0.15) is 6.10 Å². The van der Waals surface area contributed by atoms with E-state index in [1.54, 1.807) is 23.7 Å². The van der Waals surface area contributed by atoms with Crippen molar-refractivity contribution in [3.8, 4) is 21.7 Å². The average Bonchev–Trinajstić information content (AvgIpc) is 3.29. The first-order chi connectivity index (χ1) is 12.6. The molecule has 1 aromatic carbocycles. The van der Waals surface area contributed by atoms with Gasteiger partial charge in [-0.15, -0.1) is 11.3 Å². The van der Waals surface area contributed by atoms with Gasteiger partial charge in [-0.2, -0.15) is 0 Å². The largest absolute Gasteiger partial charge is 0.383 e. The molecule has 0 fully saturated rings. The van der Waals surface area contributed by atoms with Crippen molar-refractivity contribution in [3.63, 3.8) is 0 Å². The van der Waals surface area contributed by atoms with Crippen molar-refractivity contribution in [3.05, 3.63) is 88.7 Å². The van der Waals surface area contributed by atoms with E-state index in [1.807, 2.05) is 54.9 Å². The molecule has 4 aromatic rings. The zero-order valence-corrected chi connectivity index (χ0v) is 15.7. The van der Waals surface area contributed by atoms with E-state index in [0.29, 0.717) is 5.02 Å². The number of aryl methyl sites for hydroxylation is 1. The highest BCUT2D eigenvalue weighted by atomic mass is 35.5. The van der Waals surface area contributed by atoms with Crippen molar-refractivity contribution in [2.24, 2.45) is 7.05 Å². The molecule has 1 unspecified atom stereocenters. The van der Waals surface area contributed by atoms with E-state index in [1.165, 1.54) is 0 Å². The molecule has 0 aliphatic rings. The minimum absolute atomic E-state index is 0.670. The predicted molar refractivity (Wildman–Crippen MR) is 107 cm³/mol. The summed E-state index contributed by atoms with van der Waals surface area (Å²) in [4.78, 5) is 5.28. The SMILES string of the molecule is Cn1cc(-c2cccs2)c(C(O)c2cccnc2)c1-c1cccc(Cl)c1. The number of aliphatic hydroxyl groups is 1. The van der Waals surface area contributed by atoms with E-state index in [2.05, 4.69) is 21.8 Å². The molecule has 3 aromatic heterocycles. The third kappa shape index (κ3) is 3.07.